The number of nitrogens with zero attached hydrogens (tertiary/aromatic N) is 1. The molecule has 3 rings (SSSR count). The summed E-state index contributed by atoms with van der Waals surface area (Å²) in [6, 6.07) is 19.0. The lowest BCUT2D eigenvalue weighted by molar-refractivity contribution is 0.0616. The van der Waals surface area contributed by atoms with Gasteiger partial charge < -0.3 is 0 Å². The van der Waals surface area contributed by atoms with Crippen molar-refractivity contribution in [2.75, 3.05) is 0 Å². The highest BCUT2D eigenvalue weighted by molar-refractivity contribution is 6.31. The van der Waals surface area contributed by atoms with E-state index in [1.165, 1.54) is 6.07 Å². The highest BCUT2D eigenvalue weighted by atomic mass is 35.5. The lowest BCUT2D eigenvalue weighted by Crippen LogP contribution is -2.42. The first-order valence-electron chi connectivity index (χ1n) is 6.95. The normalized spacial score (nSPS) is 10.5. The SMILES string of the molecule is NN(C(=O)c1cccc(Cl)c1)C(=O)c1cccc2ccccc12. The van der Waals surface area contributed by atoms with Crippen molar-refractivity contribution in [2.45, 2.75) is 0 Å². The Hall–Kier alpha value is -2.69. The van der Waals surface area contributed by atoms with Crippen molar-refractivity contribution in [3.8, 4) is 0 Å². The molecule has 0 heterocycles. The Labute approximate surface area is 138 Å². The number of carbonyl (C=O) groups excluding carboxylic acids is 2. The third-order valence-corrected chi connectivity index (χ3v) is 3.76. The molecule has 0 fully saturated rings. The van der Waals surface area contributed by atoms with Crippen LogP contribution in [0.4, 0.5) is 0 Å². The first-order valence-corrected chi connectivity index (χ1v) is 7.32. The lowest BCUT2D eigenvalue weighted by Gasteiger charge is -2.16. The van der Waals surface area contributed by atoms with Gasteiger partial charge in [0.15, 0.2) is 0 Å². The Kier molecular flexibility index (Phi) is 4.10. The molecule has 0 aliphatic heterocycles. The van der Waals surface area contributed by atoms with Gasteiger partial charge in [-0.1, -0.05) is 54.1 Å². The van der Waals surface area contributed by atoms with Crippen molar-refractivity contribution in [2.24, 2.45) is 5.84 Å². The minimum absolute atomic E-state index is 0.258. The van der Waals surface area contributed by atoms with E-state index in [9.17, 15) is 9.59 Å². The summed E-state index contributed by atoms with van der Waals surface area (Å²) < 4.78 is 0. The number of carbonyl (C=O) groups is 2. The number of hydrogen-bond donors (Lipinski definition) is 1. The van der Waals surface area contributed by atoms with E-state index in [2.05, 4.69) is 0 Å². The largest absolute Gasteiger partial charge is 0.275 e. The first-order chi connectivity index (χ1) is 11.1. The molecule has 2 N–H and O–H groups in total. The van der Waals surface area contributed by atoms with Crippen molar-refractivity contribution in [3.05, 3.63) is 82.9 Å². The van der Waals surface area contributed by atoms with Crippen molar-refractivity contribution < 1.29 is 9.59 Å². The van der Waals surface area contributed by atoms with Gasteiger partial charge in [0.25, 0.3) is 11.8 Å². The molecule has 3 aromatic carbocycles. The maximum absolute atomic E-state index is 12.6. The summed E-state index contributed by atoms with van der Waals surface area (Å²) in [7, 11) is 0. The molecule has 0 atom stereocenters. The highest BCUT2D eigenvalue weighted by Crippen LogP contribution is 2.20. The van der Waals surface area contributed by atoms with Crippen LogP contribution in [0.25, 0.3) is 10.8 Å². The Morgan fingerprint density at radius 1 is 0.870 bits per heavy atom. The average Bonchev–Trinajstić information content (AvgIpc) is 2.59. The smallest absolute Gasteiger partial charge is 0.267 e. The van der Waals surface area contributed by atoms with Crippen LogP contribution in [0.2, 0.25) is 5.02 Å². The van der Waals surface area contributed by atoms with Gasteiger partial charge in [-0.15, -0.1) is 0 Å². The van der Waals surface area contributed by atoms with Gasteiger partial charge >= 0.3 is 0 Å². The van der Waals surface area contributed by atoms with E-state index in [0.29, 0.717) is 15.6 Å². The molecule has 4 nitrogen and oxygen atoms in total. The Morgan fingerprint density at radius 3 is 2.35 bits per heavy atom. The second-order valence-electron chi connectivity index (χ2n) is 5.02. The molecule has 23 heavy (non-hydrogen) atoms. The molecule has 114 valence electrons. The molecule has 0 saturated heterocycles. The van der Waals surface area contributed by atoms with Crippen LogP contribution < -0.4 is 5.84 Å². The van der Waals surface area contributed by atoms with E-state index < -0.39 is 11.8 Å². The van der Waals surface area contributed by atoms with Crippen LogP contribution in [0, 0.1) is 0 Å². The second kappa shape index (κ2) is 6.20. The summed E-state index contributed by atoms with van der Waals surface area (Å²) >= 11 is 5.87. The van der Waals surface area contributed by atoms with Crippen LogP contribution in [0.15, 0.2) is 66.7 Å². The van der Waals surface area contributed by atoms with Crippen molar-refractivity contribution >= 4 is 34.2 Å². The standard InChI is InChI=1S/C18H13ClN2O2/c19-14-8-3-7-13(11-14)17(22)21(20)18(23)16-10-4-6-12-5-1-2-9-15(12)16/h1-11H,20H2. The predicted octanol–water partition coefficient (Wildman–Crippen LogP) is 3.65. The fraction of sp³-hybridized carbons (Fsp3) is 0. The summed E-state index contributed by atoms with van der Waals surface area (Å²) in [5.74, 6) is 4.59. The zero-order valence-electron chi connectivity index (χ0n) is 12.1. The molecule has 2 amide bonds. The minimum atomic E-state index is -0.606. The number of halogens is 1. The molecule has 0 aromatic heterocycles. The Morgan fingerprint density at radius 2 is 1.57 bits per heavy atom. The maximum Gasteiger partial charge on any atom is 0.275 e. The molecule has 0 aliphatic carbocycles. The van der Waals surface area contributed by atoms with E-state index in [1.54, 1.807) is 30.3 Å². The van der Waals surface area contributed by atoms with Crippen LogP contribution in [0.1, 0.15) is 20.7 Å². The molecule has 0 bridgehead atoms. The molecule has 0 saturated carbocycles. The van der Waals surface area contributed by atoms with Crippen LogP contribution in [-0.4, -0.2) is 16.8 Å². The zero-order chi connectivity index (χ0) is 16.4. The summed E-state index contributed by atoms with van der Waals surface area (Å²) in [5, 5.41) is 2.67. The second-order valence-corrected chi connectivity index (χ2v) is 5.45. The number of hydrogen-bond acceptors (Lipinski definition) is 3. The third-order valence-electron chi connectivity index (χ3n) is 3.53. The summed E-state index contributed by atoms with van der Waals surface area (Å²) in [4.78, 5) is 25.0. The van der Waals surface area contributed by atoms with Gasteiger partial charge in [-0.2, -0.15) is 0 Å². The molecule has 0 unspecified atom stereocenters. The van der Waals surface area contributed by atoms with Crippen molar-refractivity contribution in [1.29, 1.82) is 0 Å². The van der Waals surface area contributed by atoms with Crippen LogP contribution in [-0.2, 0) is 0 Å². The van der Waals surface area contributed by atoms with Gasteiger partial charge in [-0.25, -0.2) is 10.9 Å². The van der Waals surface area contributed by atoms with Gasteiger partial charge in [0, 0.05) is 16.1 Å². The number of imide groups is 1. The number of amides is 2. The summed E-state index contributed by atoms with van der Waals surface area (Å²) in [5.41, 5.74) is 0.634. The topological polar surface area (TPSA) is 63.4 Å². The van der Waals surface area contributed by atoms with Gasteiger partial charge in [0.2, 0.25) is 0 Å². The molecular weight excluding hydrogens is 312 g/mol. The van der Waals surface area contributed by atoms with E-state index >= 15 is 0 Å². The molecular formula is C18H13ClN2O2. The fourth-order valence-corrected chi connectivity index (χ4v) is 2.58. The van der Waals surface area contributed by atoms with Crippen LogP contribution in [0.3, 0.4) is 0 Å². The van der Waals surface area contributed by atoms with Gasteiger partial charge in [0.1, 0.15) is 0 Å². The van der Waals surface area contributed by atoms with Crippen LogP contribution >= 0.6 is 11.6 Å². The van der Waals surface area contributed by atoms with Gasteiger partial charge in [0.05, 0.1) is 0 Å². The monoisotopic (exact) mass is 324 g/mol. The zero-order valence-corrected chi connectivity index (χ0v) is 12.8. The summed E-state index contributed by atoms with van der Waals surface area (Å²) in [6.07, 6.45) is 0. The molecule has 5 heteroatoms. The van der Waals surface area contributed by atoms with Crippen molar-refractivity contribution in [1.82, 2.24) is 5.01 Å². The highest BCUT2D eigenvalue weighted by Gasteiger charge is 2.22. The first kappa shape index (κ1) is 15.2. The lowest BCUT2D eigenvalue weighted by atomic mass is 10.0. The minimum Gasteiger partial charge on any atom is -0.267 e. The number of fused-ring (bicyclic) bond motifs is 1. The number of rotatable bonds is 2. The predicted molar refractivity (Wildman–Crippen MR) is 90.1 cm³/mol. The summed E-state index contributed by atoms with van der Waals surface area (Å²) in [6.45, 7) is 0. The maximum atomic E-state index is 12.6. The van der Waals surface area contributed by atoms with E-state index in [4.69, 9.17) is 17.4 Å². The molecule has 3 aromatic rings. The number of benzene rings is 3. The fourth-order valence-electron chi connectivity index (χ4n) is 2.39. The van der Waals surface area contributed by atoms with Crippen LogP contribution in [0.5, 0.6) is 0 Å². The van der Waals surface area contributed by atoms with Gasteiger partial charge in [-0.05, 0) is 35.0 Å². The molecule has 0 spiro atoms. The average molecular weight is 325 g/mol. The van der Waals surface area contributed by atoms with E-state index in [0.717, 1.165) is 10.8 Å². The van der Waals surface area contributed by atoms with E-state index in [1.807, 2.05) is 30.3 Å². The molecule has 0 radical (unpaired) electrons. The number of nitrogens with two attached hydrogens (primary N) is 1. The molecule has 0 aliphatic rings. The Balaban J connectivity index is 1.97. The quantitative estimate of drug-likeness (QED) is 0.339. The third kappa shape index (κ3) is 2.95. The number of hydrazine groups is 1. The van der Waals surface area contributed by atoms with Crippen molar-refractivity contribution in [3.63, 3.8) is 0 Å². The van der Waals surface area contributed by atoms with Gasteiger partial charge in [-0.3, -0.25) is 9.59 Å². The van der Waals surface area contributed by atoms with E-state index in [-0.39, 0.29) is 5.56 Å². The Bertz CT molecular complexity index is 903.